The summed E-state index contributed by atoms with van der Waals surface area (Å²) in [5.41, 5.74) is 0.810. The third kappa shape index (κ3) is 3.88. The smallest absolute Gasteiger partial charge is 0.248 e. The number of ether oxygens (including phenoxy) is 1. The lowest BCUT2D eigenvalue weighted by Gasteiger charge is -2.56. The van der Waals surface area contributed by atoms with E-state index < -0.39 is 0 Å². The molecule has 0 aromatic carbocycles. The SMILES string of the molecule is O=C(Nc1nc(CN2CCOCC2)cs1)C1CCCN1C(=O)C12CC3CC(CC(C3)C1)C2. The van der Waals surface area contributed by atoms with Crippen LogP contribution in [0.2, 0.25) is 0 Å². The molecule has 7 nitrogen and oxygen atoms in total. The van der Waals surface area contributed by atoms with Gasteiger partial charge in [0.15, 0.2) is 5.13 Å². The molecule has 1 N–H and O–H groups in total. The first-order valence-electron chi connectivity index (χ1n) is 12.4. The van der Waals surface area contributed by atoms with Gasteiger partial charge >= 0.3 is 0 Å². The van der Waals surface area contributed by atoms with Gasteiger partial charge in [0, 0.05) is 31.6 Å². The summed E-state index contributed by atoms with van der Waals surface area (Å²) in [5, 5.41) is 5.70. The molecule has 2 amide bonds. The van der Waals surface area contributed by atoms with E-state index in [1.807, 2.05) is 10.3 Å². The second-order valence-electron chi connectivity index (χ2n) is 10.9. The highest BCUT2D eigenvalue weighted by Crippen LogP contribution is 2.60. The van der Waals surface area contributed by atoms with E-state index in [4.69, 9.17) is 4.74 Å². The van der Waals surface area contributed by atoms with Crippen LogP contribution in [0.15, 0.2) is 5.38 Å². The largest absolute Gasteiger partial charge is 0.379 e. The van der Waals surface area contributed by atoms with Gasteiger partial charge in [0.05, 0.1) is 24.3 Å². The fourth-order valence-corrected chi connectivity index (χ4v) is 8.28. The molecule has 32 heavy (non-hydrogen) atoms. The van der Waals surface area contributed by atoms with Crippen molar-refractivity contribution in [3.05, 3.63) is 11.1 Å². The molecule has 0 radical (unpaired) electrons. The zero-order chi connectivity index (χ0) is 21.7. The average molecular weight is 459 g/mol. The molecular weight excluding hydrogens is 424 g/mol. The second kappa shape index (κ2) is 8.37. The summed E-state index contributed by atoms with van der Waals surface area (Å²) in [6, 6.07) is -0.345. The van der Waals surface area contributed by atoms with Crippen molar-refractivity contribution in [3.8, 4) is 0 Å². The van der Waals surface area contributed by atoms with Crippen LogP contribution in [0.1, 0.15) is 57.1 Å². The standard InChI is InChI=1S/C24H34N4O3S/c29-21(26-23-25-19(15-32-23)14-27-4-6-31-7-5-27)20-2-1-3-28(20)22(30)24-11-16-8-17(12-24)10-18(9-16)13-24/h15-18,20H,1-14H2,(H,25,26,29). The van der Waals surface area contributed by atoms with Crippen LogP contribution in [0, 0.1) is 23.2 Å². The minimum absolute atomic E-state index is 0.0622. The van der Waals surface area contributed by atoms with E-state index in [9.17, 15) is 9.59 Å². The topological polar surface area (TPSA) is 74.8 Å². The zero-order valence-corrected chi connectivity index (χ0v) is 19.6. The predicted molar refractivity (Wildman–Crippen MR) is 122 cm³/mol. The Morgan fingerprint density at radius 3 is 2.47 bits per heavy atom. The first-order chi connectivity index (χ1) is 15.6. The van der Waals surface area contributed by atoms with Crippen LogP contribution in [-0.4, -0.2) is 65.5 Å². The third-order valence-corrected chi connectivity index (χ3v) is 9.39. The Morgan fingerprint density at radius 2 is 1.78 bits per heavy atom. The highest BCUT2D eigenvalue weighted by atomic mass is 32.1. The monoisotopic (exact) mass is 458 g/mol. The Bertz CT molecular complexity index is 845. The number of hydrogen-bond donors (Lipinski definition) is 1. The maximum absolute atomic E-state index is 13.8. The number of likely N-dealkylation sites (tertiary alicyclic amines) is 1. The molecular formula is C24H34N4O3S. The number of hydrogen-bond acceptors (Lipinski definition) is 6. The van der Waals surface area contributed by atoms with Gasteiger partial charge in [-0.1, -0.05) is 0 Å². The van der Waals surface area contributed by atoms with Crippen molar-refractivity contribution >= 4 is 28.3 Å². The number of carbonyl (C=O) groups is 2. The third-order valence-electron chi connectivity index (χ3n) is 8.58. The minimum atomic E-state index is -0.345. The molecule has 3 heterocycles. The maximum Gasteiger partial charge on any atom is 0.248 e. The number of morpholine rings is 1. The molecule has 4 aliphatic carbocycles. The molecule has 2 saturated heterocycles. The van der Waals surface area contributed by atoms with Gasteiger partial charge in [0.1, 0.15) is 6.04 Å². The van der Waals surface area contributed by atoms with Crippen LogP contribution in [0.4, 0.5) is 5.13 Å². The van der Waals surface area contributed by atoms with Crippen molar-refractivity contribution in [3.63, 3.8) is 0 Å². The van der Waals surface area contributed by atoms with Crippen molar-refractivity contribution < 1.29 is 14.3 Å². The lowest BCUT2D eigenvalue weighted by atomic mass is 9.49. The number of carbonyl (C=O) groups excluding carboxylic acids is 2. The molecule has 1 aromatic heterocycles. The molecule has 2 aliphatic heterocycles. The number of anilines is 1. The Labute approximate surface area is 193 Å². The van der Waals surface area contributed by atoms with Crippen LogP contribution in [-0.2, 0) is 20.9 Å². The van der Waals surface area contributed by atoms with Crippen molar-refractivity contribution in [1.29, 1.82) is 0 Å². The lowest BCUT2D eigenvalue weighted by Crippen LogP contribution is -2.56. The molecule has 1 unspecified atom stereocenters. The van der Waals surface area contributed by atoms with E-state index in [1.165, 1.54) is 30.6 Å². The van der Waals surface area contributed by atoms with Crippen molar-refractivity contribution in [1.82, 2.24) is 14.8 Å². The van der Waals surface area contributed by atoms with E-state index >= 15 is 0 Å². The van der Waals surface area contributed by atoms with E-state index in [0.29, 0.717) is 5.13 Å². The quantitative estimate of drug-likeness (QED) is 0.734. The lowest BCUT2D eigenvalue weighted by molar-refractivity contribution is -0.160. The predicted octanol–water partition coefficient (Wildman–Crippen LogP) is 3.12. The first-order valence-corrected chi connectivity index (χ1v) is 13.3. The average Bonchev–Trinajstić information content (AvgIpc) is 3.43. The fraction of sp³-hybridized carbons (Fsp3) is 0.792. The molecule has 1 aromatic rings. The Kier molecular flexibility index (Phi) is 5.50. The summed E-state index contributed by atoms with van der Waals surface area (Å²) < 4.78 is 5.41. The van der Waals surface area contributed by atoms with Crippen LogP contribution in [0.5, 0.6) is 0 Å². The molecule has 6 fully saturated rings. The summed E-state index contributed by atoms with van der Waals surface area (Å²) in [4.78, 5) is 35.9. The van der Waals surface area contributed by atoms with Gasteiger partial charge in [-0.3, -0.25) is 14.5 Å². The van der Waals surface area contributed by atoms with Crippen LogP contribution in [0.3, 0.4) is 0 Å². The molecule has 6 aliphatic rings. The zero-order valence-electron chi connectivity index (χ0n) is 18.8. The number of nitrogens with zero attached hydrogens (tertiary/aromatic N) is 3. The van der Waals surface area contributed by atoms with Crippen LogP contribution in [0.25, 0.3) is 0 Å². The van der Waals surface area contributed by atoms with E-state index in [0.717, 1.165) is 94.9 Å². The normalized spacial score (nSPS) is 36.6. The Morgan fingerprint density at radius 1 is 1.09 bits per heavy atom. The molecule has 4 bridgehead atoms. The highest BCUT2D eigenvalue weighted by molar-refractivity contribution is 7.13. The van der Waals surface area contributed by atoms with Gasteiger partial charge < -0.3 is 15.0 Å². The van der Waals surface area contributed by atoms with Crippen molar-refractivity contribution in [2.75, 3.05) is 38.2 Å². The number of rotatable bonds is 5. The summed E-state index contributed by atoms with van der Waals surface area (Å²) in [6.07, 6.45) is 8.82. The highest BCUT2D eigenvalue weighted by Gasteiger charge is 2.56. The van der Waals surface area contributed by atoms with E-state index in [2.05, 4.69) is 15.2 Å². The Hall–Kier alpha value is -1.51. The number of amides is 2. The number of thiazole rings is 1. The summed E-state index contributed by atoms with van der Waals surface area (Å²) in [6.45, 7) is 4.88. The molecule has 174 valence electrons. The summed E-state index contributed by atoms with van der Waals surface area (Å²) >= 11 is 1.48. The molecule has 8 heteroatoms. The second-order valence-corrected chi connectivity index (χ2v) is 11.7. The first kappa shape index (κ1) is 21.1. The van der Waals surface area contributed by atoms with Crippen molar-refractivity contribution in [2.24, 2.45) is 23.2 Å². The van der Waals surface area contributed by atoms with E-state index in [1.54, 1.807) is 0 Å². The van der Waals surface area contributed by atoms with Gasteiger partial charge in [0.25, 0.3) is 0 Å². The molecule has 7 rings (SSSR count). The summed E-state index contributed by atoms with van der Waals surface area (Å²) in [7, 11) is 0. The Balaban J connectivity index is 1.11. The van der Waals surface area contributed by atoms with Gasteiger partial charge in [-0.15, -0.1) is 11.3 Å². The van der Waals surface area contributed by atoms with Gasteiger partial charge in [0.2, 0.25) is 11.8 Å². The number of nitrogens with one attached hydrogen (secondary N) is 1. The maximum atomic E-state index is 13.8. The van der Waals surface area contributed by atoms with Crippen LogP contribution >= 0.6 is 11.3 Å². The van der Waals surface area contributed by atoms with Crippen LogP contribution < -0.4 is 5.32 Å². The molecule has 1 atom stereocenters. The molecule has 0 spiro atoms. The van der Waals surface area contributed by atoms with E-state index in [-0.39, 0.29) is 23.3 Å². The summed E-state index contributed by atoms with van der Waals surface area (Å²) in [5.74, 6) is 2.43. The minimum Gasteiger partial charge on any atom is -0.379 e. The fourth-order valence-electron chi connectivity index (χ4n) is 7.57. The van der Waals surface area contributed by atoms with Gasteiger partial charge in [-0.05, 0) is 69.1 Å². The molecule has 4 saturated carbocycles. The van der Waals surface area contributed by atoms with Gasteiger partial charge in [-0.2, -0.15) is 0 Å². The number of aromatic nitrogens is 1. The van der Waals surface area contributed by atoms with Crippen molar-refractivity contribution in [2.45, 2.75) is 64.0 Å². The van der Waals surface area contributed by atoms with Gasteiger partial charge in [-0.25, -0.2) is 4.98 Å².